The van der Waals surface area contributed by atoms with Gasteiger partial charge in [-0.1, -0.05) is 6.07 Å². The molecule has 0 aromatic carbocycles. The average Bonchev–Trinajstić information content (AvgIpc) is 2.82. The summed E-state index contributed by atoms with van der Waals surface area (Å²) in [6.45, 7) is 0. The summed E-state index contributed by atoms with van der Waals surface area (Å²) < 4.78 is 0. The van der Waals surface area contributed by atoms with Gasteiger partial charge in [0.25, 0.3) is 11.8 Å². The molecule has 0 bridgehead atoms. The molecule has 16 heavy (non-hydrogen) atoms. The highest BCUT2D eigenvalue weighted by Crippen LogP contribution is 2.27. The minimum Gasteiger partial charge on any atom is -0.479 e. The molecule has 6 heteroatoms. The van der Waals surface area contributed by atoms with E-state index >= 15 is 0 Å². The van der Waals surface area contributed by atoms with Crippen LogP contribution in [0.2, 0.25) is 0 Å². The molecule has 1 N–H and O–H groups in total. The Morgan fingerprint density at radius 2 is 1.94 bits per heavy atom. The van der Waals surface area contributed by atoms with Crippen molar-refractivity contribution in [2.45, 2.75) is 6.04 Å². The Labute approximate surface area is 94.6 Å². The molecular formula is C10H7NO4S. The Morgan fingerprint density at radius 1 is 1.31 bits per heavy atom. The van der Waals surface area contributed by atoms with Crippen LogP contribution in [0.1, 0.15) is 10.9 Å². The van der Waals surface area contributed by atoms with Crippen LogP contribution >= 0.6 is 11.3 Å². The quantitative estimate of drug-likeness (QED) is 0.789. The molecule has 0 saturated carbocycles. The van der Waals surface area contributed by atoms with E-state index in [2.05, 4.69) is 0 Å². The standard InChI is InChI=1S/C10H7NO4S/c12-7-3-4-8(13)11(7)9(10(14)15)6-2-1-5-16-6/h1-5,9H,(H,14,15). The number of carboxylic acid groups (broad SMARTS) is 1. The number of hydrogen-bond acceptors (Lipinski definition) is 4. The van der Waals surface area contributed by atoms with E-state index < -0.39 is 23.8 Å². The summed E-state index contributed by atoms with van der Waals surface area (Å²) in [7, 11) is 0. The third kappa shape index (κ3) is 1.63. The molecule has 2 rings (SSSR count). The van der Waals surface area contributed by atoms with Crippen LogP contribution in [0.15, 0.2) is 29.7 Å². The van der Waals surface area contributed by atoms with Gasteiger partial charge in [0.05, 0.1) is 0 Å². The topological polar surface area (TPSA) is 74.7 Å². The van der Waals surface area contributed by atoms with Gasteiger partial charge in [-0.2, -0.15) is 0 Å². The molecule has 1 aromatic rings. The van der Waals surface area contributed by atoms with E-state index in [1.165, 1.54) is 11.3 Å². The number of thiophene rings is 1. The highest BCUT2D eigenvalue weighted by molar-refractivity contribution is 7.10. The molecule has 1 aliphatic rings. The lowest BCUT2D eigenvalue weighted by Crippen LogP contribution is -2.38. The first-order valence-electron chi connectivity index (χ1n) is 4.42. The van der Waals surface area contributed by atoms with E-state index in [4.69, 9.17) is 5.11 Å². The van der Waals surface area contributed by atoms with Crippen LogP contribution in [0, 0.1) is 0 Å². The maximum atomic E-state index is 11.4. The molecule has 1 aliphatic heterocycles. The van der Waals surface area contributed by atoms with Gasteiger partial charge < -0.3 is 5.11 Å². The van der Waals surface area contributed by atoms with Gasteiger partial charge in [-0.25, -0.2) is 4.79 Å². The second-order valence-electron chi connectivity index (χ2n) is 3.14. The van der Waals surface area contributed by atoms with Gasteiger partial charge in [-0.3, -0.25) is 14.5 Å². The van der Waals surface area contributed by atoms with Gasteiger partial charge in [0.1, 0.15) is 0 Å². The molecule has 0 fully saturated rings. The first-order valence-corrected chi connectivity index (χ1v) is 5.30. The summed E-state index contributed by atoms with van der Waals surface area (Å²) in [5, 5.41) is 10.8. The molecule has 0 saturated heterocycles. The van der Waals surface area contributed by atoms with Crippen LogP contribution in [0.4, 0.5) is 0 Å². The summed E-state index contributed by atoms with van der Waals surface area (Å²) in [5.41, 5.74) is 0. The first kappa shape index (κ1) is 10.6. The minimum absolute atomic E-state index is 0.456. The fourth-order valence-electron chi connectivity index (χ4n) is 1.47. The second kappa shape index (κ2) is 3.90. The number of carbonyl (C=O) groups excluding carboxylic acids is 2. The predicted octanol–water partition coefficient (Wildman–Crippen LogP) is 0.799. The Kier molecular flexibility index (Phi) is 2.57. The van der Waals surface area contributed by atoms with Crippen molar-refractivity contribution in [2.75, 3.05) is 0 Å². The van der Waals surface area contributed by atoms with Crippen molar-refractivity contribution in [1.82, 2.24) is 4.90 Å². The number of aliphatic carboxylic acids is 1. The third-order valence-electron chi connectivity index (χ3n) is 2.15. The maximum absolute atomic E-state index is 11.4. The fourth-order valence-corrected chi connectivity index (χ4v) is 2.28. The molecular weight excluding hydrogens is 230 g/mol. The number of nitrogens with zero attached hydrogens (tertiary/aromatic N) is 1. The zero-order valence-electron chi connectivity index (χ0n) is 7.99. The average molecular weight is 237 g/mol. The molecule has 5 nitrogen and oxygen atoms in total. The van der Waals surface area contributed by atoms with Gasteiger partial charge >= 0.3 is 5.97 Å². The number of carboxylic acids is 1. The van der Waals surface area contributed by atoms with E-state index in [1.807, 2.05) is 0 Å². The molecule has 0 aliphatic carbocycles. The molecule has 2 heterocycles. The van der Waals surface area contributed by atoms with Crippen molar-refractivity contribution in [3.05, 3.63) is 34.5 Å². The van der Waals surface area contributed by atoms with E-state index in [0.717, 1.165) is 17.1 Å². The smallest absolute Gasteiger partial charge is 0.332 e. The number of carbonyl (C=O) groups is 3. The normalized spacial score (nSPS) is 16.9. The van der Waals surface area contributed by atoms with Crippen LogP contribution in [0.25, 0.3) is 0 Å². The van der Waals surface area contributed by atoms with E-state index in [1.54, 1.807) is 17.5 Å². The van der Waals surface area contributed by atoms with Gasteiger partial charge in [0, 0.05) is 17.0 Å². The molecule has 0 radical (unpaired) electrons. The molecule has 0 spiro atoms. The Hall–Kier alpha value is -1.95. The third-order valence-corrected chi connectivity index (χ3v) is 3.07. The summed E-state index contributed by atoms with van der Waals surface area (Å²) in [5.74, 6) is -2.40. The first-order chi connectivity index (χ1) is 7.61. The van der Waals surface area contributed by atoms with E-state index in [9.17, 15) is 14.4 Å². The zero-order valence-corrected chi connectivity index (χ0v) is 8.81. The van der Waals surface area contributed by atoms with Gasteiger partial charge in [-0.15, -0.1) is 11.3 Å². The fraction of sp³-hybridized carbons (Fsp3) is 0.100. The minimum atomic E-state index is -1.23. The second-order valence-corrected chi connectivity index (χ2v) is 4.12. The van der Waals surface area contributed by atoms with Crippen LogP contribution in [-0.4, -0.2) is 27.8 Å². The molecule has 2 amide bonds. The van der Waals surface area contributed by atoms with Gasteiger partial charge in [0.2, 0.25) is 0 Å². The van der Waals surface area contributed by atoms with Crippen LogP contribution in [-0.2, 0) is 14.4 Å². The molecule has 1 aromatic heterocycles. The Morgan fingerprint density at radius 3 is 2.38 bits per heavy atom. The molecule has 82 valence electrons. The number of rotatable bonds is 3. The number of imide groups is 1. The van der Waals surface area contributed by atoms with Gasteiger partial charge in [-0.05, 0) is 11.4 Å². The highest BCUT2D eigenvalue weighted by atomic mass is 32.1. The highest BCUT2D eigenvalue weighted by Gasteiger charge is 2.37. The van der Waals surface area contributed by atoms with Crippen LogP contribution < -0.4 is 0 Å². The SMILES string of the molecule is O=C(O)C(c1cccs1)N1C(=O)C=CC1=O. The summed E-state index contributed by atoms with van der Waals surface area (Å²) in [6.07, 6.45) is 2.15. The van der Waals surface area contributed by atoms with Crippen molar-refractivity contribution < 1.29 is 19.5 Å². The zero-order chi connectivity index (χ0) is 11.7. The Bertz CT molecular complexity index is 459. The van der Waals surface area contributed by atoms with Crippen molar-refractivity contribution in [2.24, 2.45) is 0 Å². The lowest BCUT2D eigenvalue weighted by Gasteiger charge is -2.21. The number of hydrogen-bond donors (Lipinski definition) is 1. The summed E-state index contributed by atoms with van der Waals surface area (Å²) >= 11 is 1.20. The van der Waals surface area contributed by atoms with Crippen LogP contribution in [0.5, 0.6) is 0 Å². The molecule has 1 unspecified atom stereocenters. The van der Waals surface area contributed by atoms with Crippen molar-refractivity contribution >= 4 is 29.1 Å². The van der Waals surface area contributed by atoms with Crippen LogP contribution in [0.3, 0.4) is 0 Å². The van der Waals surface area contributed by atoms with Crippen molar-refractivity contribution in [3.8, 4) is 0 Å². The molecule has 1 atom stereocenters. The van der Waals surface area contributed by atoms with Gasteiger partial charge in [0.15, 0.2) is 6.04 Å². The van der Waals surface area contributed by atoms with E-state index in [-0.39, 0.29) is 0 Å². The van der Waals surface area contributed by atoms with E-state index in [0.29, 0.717) is 4.88 Å². The maximum Gasteiger partial charge on any atom is 0.332 e. The van der Waals surface area contributed by atoms with Crippen molar-refractivity contribution in [1.29, 1.82) is 0 Å². The lowest BCUT2D eigenvalue weighted by molar-refractivity contribution is -0.153. The van der Waals surface area contributed by atoms with Crippen molar-refractivity contribution in [3.63, 3.8) is 0 Å². The monoisotopic (exact) mass is 237 g/mol. The Balaban J connectivity index is 2.38. The lowest BCUT2D eigenvalue weighted by atomic mass is 10.2. The number of amides is 2. The summed E-state index contributed by atoms with van der Waals surface area (Å²) in [4.78, 5) is 35.1. The largest absolute Gasteiger partial charge is 0.479 e. The predicted molar refractivity (Wildman–Crippen MR) is 55.7 cm³/mol. The summed E-state index contributed by atoms with van der Waals surface area (Å²) in [6, 6.07) is 2.03.